The SMILES string of the molecule is O=C(COc1ccc(C23CC4CC(CC(C4)C2)C3)cc1)NNC(=S)Nc1ccccc1. The fraction of sp³-hybridized carbons (Fsp3) is 0.440. The number of anilines is 1. The number of carbonyl (C=O) groups excluding carboxylic acids is 1. The largest absolute Gasteiger partial charge is 0.484 e. The van der Waals surface area contributed by atoms with Gasteiger partial charge in [0.05, 0.1) is 0 Å². The van der Waals surface area contributed by atoms with Crippen LogP contribution in [0.3, 0.4) is 0 Å². The molecule has 0 aliphatic heterocycles. The van der Waals surface area contributed by atoms with E-state index in [-0.39, 0.29) is 12.5 Å². The maximum absolute atomic E-state index is 12.1. The predicted molar refractivity (Wildman–Crippen MR) is 126 cm³/mol. The lowest BCUT2D eigenvalue weighted by molar-refractivity contribution is -0.123. The molecule has 0 saturated heterocycles. The zero-order valence-corrected chi connectivity index (χ0v) is 18.4. The van der Waals surface area contributed by atoms with Crippen molar-refractivity contribution in [2.75, 3.05) is 11.9 Å². The van der Waals surface area contributed by atoms with Gasteiger partial charge in [-0.1, -0.05) is 30.3 Å². The molecule has 0 unspecified atom stereocenters. The summed E-state index contributed by atoms with van der Waals surface area (Å²) >= 11 is 5.18. The lowest BCUT2D eigenvalue weighted by Crippen LogP contribution is -2.48. The second-order valence-corrected chi connectivity index (χ2v) is 9.91. The summed E-state index contributed by atoms with van der Waals surface area (Å²) in [4.78, 5) is 12.1. The first-order valence-electron chi connectivity index (χ1n) is 11.2. The second-order valence-electron chi connectivity index (χ2n) is 9.50. The van der Waals surface area contributed by atoms with Crippen LogP contribution in [0.1, 0.15) is 44.1 Å². The number of rotatable bonds is 5. The van der Waals surface area contributed by atoms with Crippen molar-refractivity contribution < 1.29 is 9.53 Å². The van der Waals surface area contributed by atoms with Gasteiger partial charge in [0, 0.05) is 5.69 Å². The molecule has 0 spiro atoms. The monoisotopic (exact) mass is 435 g/mol. The number of hydrogen-bond donors (Lipinski definition) is 3. The molecule has 2 aromatic carbocycles. The number of amides is 1. The topological polar surface area (TPSA) is 62.4 Å². The molecule has 0 aromatic heterocycles. The summed E-state index contributed by atoms with van der Waals surface area (Å²) in [6.07, 6.45) is 8.41. The third kappa shape index (κ3) is 4.54. The highest BCUT2D eigenvalue weighted by atomic mass is 32.1. The van der Waals surface area contributed by atoms with Crippen LogP contribution < -0.4 is 20.9 Å². The summed E-state index contributed by atoms with van der Waals surface area (Å²) in [7, 11) is 0. The van der Waals surface area contributed by atoms with E-state index < -0.39 is 0 Å². The molecule has 0 atom stereocenters. The Morgan fingerprint density at radius 1 is 0.903 bits per heavy atom. The van der Waals surface area contributed by atoms with E-state index in [1.54, 1.807) is 0 Å². The number of ether oxygens (including phenoxy) is 1. The zero-order valence-electron chi connectivity index (χ0n) is 17.6. The summed E-state index contributed by atoms with van der Waals surface area (Å²) in [5.74, 6) is 3.22. The molecule has 1 amide bonds. The Kier molecular flexibility index (Phi) is 5.57. The quantitative estimate of drug-likeness (QED) is 0.475. The maximum Gasteiger partial charge on any atom is 0.276 e. The number of nitrogens with one attached hydrogen (secondary N) is 3. The minimum atomic E-state index is -0.289. The van der Waals surface area contributed by atoms with Crippen LogP contribution in [0.25, 0.3) is 0 Å². The molecule has 31 heavy (non-hydrogen) atoms. The molecule has 2 aromatic rings. The van der Waals surface area contributed by atoms with Crippen molar-refractivity contribution in [3.05, 3.63) is 60.2 Å². The van der Waals surface area contributed by atoms with Crippen molar-refractivity contribution in [3.63, 3.8) is 0 Å². The van der Waals surface area contributed by atoms with Crippen LogP contribution in [0.4, 0.5) is 5.69 Å². The smallest absolute Gasteiger partial charge is 0.276 e. The van der Waals surface area contributed by atoms with Crippen LogP contribution in [0.2, 0.25) is 0 Å². The number of para-hydroxylation sites is 1. The first-order valence-corrected chi connectivity index (χ1v) is 11.6. The number of carbonyl (C=O) groups is 1. The standard InChI is InChI=1S/C25H29N3O2S/c29-23(27-28-24(31)26-21-4-2-1-3-5-21)16-30-22-8-6-20(7-9-22)25-13-17-10-18(14-25)12-19(11-17)15-25/h1-9,17-19H,10-16H2,(H,27,29)(H2,26,28,31). The Hall–Kier alpha value is -2.60. The lowest BCUT2D eigenvalue weighted by atomic mass is 9.48. The fourth-order valence-electron chi connectivity index (χ4n) is 6.36. The minimum Gasteiger partial charge on any atom is -0.484 e. The average molecular weight is 436 g/mol. The number of hydrogen-bond acceptors (Lipinski definition) is 3. The first-order chi connectivity index (χ1) is 15.1. The summed E-state index contributed by atoms with van der Waals surface area (Å²) < 4.78 is 5.68. The Balaban J connectivity index is 1.10. The Morgan fingerprint density at radius 2 is 1.52 bits per heavy atom. The molecule has 4 aliphatic carbocycles. The molecule has 4 bridgehead atoms. The molecule has 162 valence electrons. The van der Waals surface area contributed by atoms with Crippen LogP contribution >= 0.6 is 12.2 Å². The van der Waals surface area contributed by atoms with Gasteiger partial charge < -0.3 is 10.1 Å². The first kappa shape index (κ1) is 20.3. The third-order valence-electron chi connectivity index (χ3n) is 7.22. The van der Waals surface area contributed by atoms with Gasteiger partial charge in [-0.25, -0.2) is 0 Å². The van der Waals surface area contributed by atoms with E-state index in [1.165, 1.54) is 44.1 Å². The highest BCUT2D eigenvalue weighted by molar-refractivity contribution is 7.80. The summed E-state index contributed by atoms with van der Waals surface area (Å²) in [6.45, 7) is -0.0718. The van der Waals surface area contributed by atoms with E-state index in [0.717, 1.165) is 23.4 Å². The molecule has 3 N–H and O–H groups in total. The minimum absolute atomic E-state index is 0.0718. The Bertz CT molecular complexity index is 910. The van der Waals surface area contributed by atoms with Crippen molar-refractivity contribution in [1.82, 2.24) is 10.9 Å². The van der Waals surface area contributed by atoms with E-state index >= 15 is 0 Å². The molecule has 6 heteroatoms. The number of thiocarbonyl (C=S) groups is 1. The van der Waals surface area contributed by atoms with E-state index in [4.69, 9.17) is 17.0 Å². The summed E-state index contributed by atoms with van der Waals surface area (Å²) in [6, 6.07) is 18.0. The highest BCUT2D eigenvalue weighted by Gasteiger charge is 2.51. The molecule has 4 fully saturated rings. The second kappa shape index (κ2) is 8.50. The molecule has 6 rings (SSSR count). The predicted octanol–water partition coefficient (Wildman–Crippen LogP) is 4.55. The number of benzene rings is 2. The lowest BCUT2D eigenvalue weighted by Gasteiger charge is -2.57. The van der Waals surface area contributed by atoms with Gasteiger partial charge in [0.25, 0.3) is 5.91 Å². The van der Waals surface area contributed by atoms with Gasteiger partial charge in [-0.3, -0.25) is 15.6 Å². The van der Waals surface area contributed by atoms with E-state index in [0.29, 0.717) is 16.3 Å². The van der Waals surface area contributed by atoms with Crippen molar-refractivity contribution in [3.8, 4) is 5.75 Å². The summed E-state index contributed by atoms with van der Waals surface area (Å²) in [5.41, 5.74) is 7.94. The number of hydrazine groups is 1. The van der Waals surface area contributed by atoms with Crippen molar-refractivity contribution in [2.45, 2.75) is 43.9 Å². The van der Waals surface area contributed by atoms with Crippen molar-refractivity contribution in [1.29, 1.82) is 0 Å². The van der Waals surface area contributed by atoms with Gasteiger partial charge in [0.2, 0.25) is 0 Å². The van der Waals surface area contributed by atoms with Crippen LogP contribution in [-0.2, 0) is 10.2 Å². The highest BCUT2D eigenvalue weighted by Crippen LogP contribution is 2.60. The summed E-state index contributed by atoms with van der Waals surface area (Å²) in [5, 5.41) is 3.32. The van der Waals surface area contributed by atoms with Crippen molar-refractivity contribution in [2.24, 2.45) is 17.8 Å². The van der Waals surface area contributed by atoms with Crippen molar-refractivity contribution >= 4 is 28.9 Å². The van der Waals surface area contributed by atoms with Crippen LogP contribution in [-0.4, -0.2) is 17.6 Å². The molecule has 4 aliphatic rings. The van der Waals surface area contributed by atoms with Gasteiger partial charge in [-0.05, 0) is 104 Å². The normalized spacial score (nSPS) is 28.1. The van der Waals surface area contributed by atoms with Crippen LogP contribution in [0.5, 0.6) is 5.75 Å². The Labute approximate surface area is 188 Å². The fourth-order valence-corrected chi connectivity index (χ4v) is 6.53. The van der Waals surface area contributed by atoms with E-state index in [1.807, 2.05) is 42.5 Å². The van der Waals surface area contributed by atoms with Crippen LogP contribution in [0, 0.1) is 17.8 Å². The maximum atomic E-state index is 12.1. The molecular weight excluding hydrogens is 406 g/mol. The van der Waals surface area contributed by atoms with Gasteiger partial charge in [-0.2, -0.15) is 0 Å². The Morgan fingerprint density at radius 3 is 2.13 bits per heavy atom. The van der Waals surface area contributed by atoms with Gasteiger partial charge >= 0.3 is 0 Å². The molecule has 5 nitrogen and oxygen atoms in total. The van der Waals surface area contributed by atoms with Gasteiger partial charge in [-0.15, -0.1) is 0 Å². The van der Waals surface area contributed by atoms with Gasteiger partial charge in [0.15, 0.2) is 11.7 Å². The molecule has 4 saturated carbocycles. The third-order valence-corrected chi connectivity index (χ3v) is 7.43. The van der Waals surface area contributed by atoms with E-state index in [9.17, 15) is 4.79 Å². The average Bonchev–Trinajstić information content (AvgIpc) is 2.76. The zero-order chi connectivity index (χ0) is 21.3. The van der Waals surface area contributed by atoms with Crippen LogP contribution in [0.15, 0.2) is 54.6 Å². The molecule has 0 radical (unpaired) electrons. The molecular formula is C25H29N3O2S. The van der Waals surface area contributed by atoms with E-state index in [2.05, 4.69) is 28.3 Å². The van der Waals surface area contributed by atoms with Gasteiger partial charge in [0.1, 0.15) is 5.75 Å². The molecule has 0 heterocycles.